The number of aldehydes is 1. The van der Waals surface area contributed by atoms with Crippen LogP contribution >= 0.6 is 11.3 Å². The van der Waals surface area contributed by atoms with E-state index in [9.17, 15) is 4.79 Å². The van der Waals surface area contributed by atoms with E-state index in [0.29, 0.717) is 11.3 Å². The predicted molar refractivity (Wildman–Crippen MR) is 113 cm³/mol. The van der Waals surface area contributed by atoms with Crippen LogP contribution in [0.3, 0.4) is 0 Å². The van der Waals surface area contributed by atoms with Gasteiger partial charge in [-0.05, 0) is 30.7 Å². The van der Waals surface area contributed by atoms with E-state index in [1.807, 2.05) is 24.3 Å². The van der Waals surface area contributed by atoms with Crippen LogP contribution in [0.15, 0.2) is 60.9 Å². The third-order valence-corrected chi connectivity index (χ3v) is 5.69. The van der Waals surface area contributed by atoms with Crippen molar-refractivity contribution in [1.82, 2.24) is 9.97 Å². The van der Waals surface area contributed by atoms with Crippen LogP contribution in [-0.4, -0.2) is 23.4 Å². The van der Waals surface area contributed by atoms with Crippen molar-refractivity contribution in [2.75, 3.05) is 12.4 Å². The fourth-order valence-corrected chi connectivity index (χ4v) is 4.15. The summed E-state index contributed by atoms with van der Waals surface area (Å²) < 4.78 is 5.49. The average molecular weight is 389 g/mol. The molecule has 0 saturated heterocycles. The third-order valence-electron chi connectivity index (χ3n) is 4.61. The highest BCUT2D eigenvalue weighted by Crippen LogP contribution is 2.39. The van der Waals surface area contributed by atoms with E-state index < -0.39 is 0 Å². The molecule has 1 atom stereocenters. The van der Waals surface area contributed by atoms with Crippen LogP contribution < -0.4 is 10.1 Å². The van der Waals surface area contributed by atoms with Gasteiger partial charge in [-0.15, -0.1) is 11.3 Å². The molecular weight excluding hydrogens is 370 g/mol. The normalized spacial score (nSPS) is 11.9. The van der Waals surface area contributed by atoms with Gasteiger partial charge >= 0.3 is 0 Å². The Kier molecular flexibility index (Phi) is 5.04. The molecule has 0 bridgehead atoms. The van der Waals surface area contributed by atoms with E-state index in [4.69, 9.17) is 4.74 Å². The van der Waals surface area contributed by atoms with E-state index in [2.05, 4.69) is 40.4 Å². The van der Waals surface area contributed by atoms with Crippen molar-refractivity contribution in [3.8, 4) is 16.2 Å². The summed E-state index contributed by atoms with van der Waals surface area (Å²) in [5.41, 5.74) is 2.70. The highest BCUT2D eigenvalue weighted by atomic mass is 32.1. The number of ether oxygens (including phenoxy) is 1. The molecule has 4 aromatic rings. The molecule has 28 heavy (non-hydrogen) atoms. The molecule has 0 saturated carbocycles. The highest BCUT2D eigenvalue weighted by molar-refractivity contribution is 7.22. The molecule has 0 aliphatic heterocycles. The Hall–Kier alpha value is -3.25. The molecule has 4 rings (SSSR count). The summed E-state index contributed by atoms with van der Waals surface area (Å²) >= 11 is 1.57. The lowest BCUT2D eigenvalue weighted by Gasteiger charge is -2.15. The summed E-state index contributed by atoms with van der Waals surface area (Å²) in [6, 6.07) is 17.9. The van der Waals surface area contributed by atoms with Crippen molar-refractivity contribution in [2.45, 2.75) is 13.0 Å². The summed E-state index contributed by atoms with van der Waals surface area (Å²) in [6.45, 7) is 2.11. The second-order valence-corrected chi connectivity index (χ2v) is 7.44. The van der Waals surface area contributed by atoms with Crippen LogP contribution in [0.4, 0.5) is 5.82 Å². The van der Waals surface area contributed by atoms with Gasteiger partial charge in [-0.1, -0.05) is 36.4 Å². The van der Waals surface area contributed by atoms with Gasteiger partial charge in [0.15, 0.2) is 0 Å². The summed E-state index contributed by atoms with van der Waals surface area (Å²) in [6.07, 6.45) is 2.39. The van der Waals surface area contributed by atoms with Gasteiger partial charge in [0.1, 0.15) is 29.0 Å². The second kappa shape index (κ2) is 7.78. The predicted octanol–water partition coefficient (Wildman–Crippen LogP) is 5.35. The highest BCUT2D eigenvalue weighted by Gasteiger charge is 2.15. The van der Waals surface area contributed by atoms with Gasteiger partial charge < -0.3 is 10.1 Å². The maximum atomic E-state index is 11.0. The molecule has 6 heteroatoms. The lowest BCUT2D eigenvalue weighted by molar-refractivity contribution is 0.112. The number of carbonyl (C=O) groups is 1. The van der Waals surface area contributed by atoms with E-state index in [1.54, 1.807) is 36.9 Å². The average Bonchev–Trinajstić information content (AvgIpc) is 3.19. The van der Waals surface area contributed by atoms with Crippen molar-refractivity contribution in [1.29, 1.82) is 0 Å². The number of carbonyl (C=O) groups excluding carboxylic acids is 1. The smallest absolute Gasteiger partial charge is 0.150 e. The monoisotopic (exact) mass is 389 g/mol. The van der Waals surface area contributed by atoms with Gasteiger partial charge in [-0.25, -0.2) is 9.97 Å². The number of benzene rings is 2. The number of fused-ring (bicyclic) bond motifs is 1. The minimum atomic E-state index is 0.115. The summed E-state index contributed by atoms with van der Waals surface area (Å²) in [5.74, 6) is 1.46. The Morgan fingerprint density at radius 3 is 2.68 bits per heavy atom. The number of thiophene rings is 1. The first-order valence-electron chi connectivity index (χ1n) is 8.89. The molecule has 2 heterocycles. The molecule has 0 aliphatic carbocycles. The fraction of sp³-hybridized carbons (Fsp3) is 0.136. The van der Waals surface area contributed by atoms with Gasteiger partial charge in [0.05, 0.1) is 12.5 Å². The number of hydrogen-bond donors (Lipinski definition) is 1. The van der Waals surface area contributed by atoms with E-state index in [1.165, 1.54) is 5.56 Å². The molecule has 0 unspecified atom stereocenters. The van der Waals surface area contributed by atoms with Crippen LogP contribution in [0.1, 0.15) is 28.9 Å². The second-order valence-electron chi connectivity index (χ2n) is 6.41. The first-order chi connectivity index (χ1) is 13.7. The molecule has 0 fully saturated rings. The van der Waals surface area contributed by atoms with Crippen molar-refractivity contribution >= 4 is 33.7 Å². The van der Waals surface area contributed by atoms with E-state index in [0.717, 1.165) is 32.8 Å². The molecule has 5 nitrogen and oxygen atoms in total. The third kappa shape index (κ3) is 3.46. The molecule has 1 N–H and O–H groups in total. The Labute approximate surface area is 167 Å². The topological polar surface area (TPSA) is 64.1 Å². The van der Waals surface area contributed by atoms with Crippen LogP contribution in [0.25, 0.3) is 20.7 Å². The number of hydrogen-bond acceptors (Lipinski definition) is 6. The molecular formula is C22H19N3O2S. The summed E-state index contributed by atoms with van der Waals surface area (Å²) in [7, 11) is 1.61. The zero-order valence-corrected chi connectivity index (χ0v) is 16.4. The quantitative estimate of drug-likeness (QED) is 0.450. The van der Waals surface area contributed by atoms with Crippen molar-refractivity contribution in [3.05, 3.63) is 72.1 Å². The SMILES string of the molecule is COc1cc(C=O)ccc1-c1cc2c(N[C@H](C)c3ccccc3)ncnc2s1. The van der Waals surface area contributed by atoms with Gasteiger partial charge in [0, 0.05) is 22.0 Å². The summed E-state index contributed by atoms with van der Waals surface area (Å²) in [5, 5.41) is 4.46. The molecule has 140 valence electrons. The molecule has 2 aromatic heterocycles. The van der Waals surface area contributed by atoms with Crippen molar-refractivity contribution in [3.63, 3.8) is 0 Å². The Morgan fingerprint density at radius 1 is 1.11 bits per heavy atom. The molecule has 0 aliphatic rings. The first-order valence-corrected chi connectivity index (χ1v) is 9.71. The molecule has 0 amide bonds. The van der Waals surface area contributed by atoms with Crippen LogP contribution in [0.5, 0.6) is 5.75 Å². The van der Waals surface area contributed by atoms with E-state index in [-0.39, 0.29) is 6.04 Å². The zero-order chi connectivity index (χ0) is 19.5. The lowest BCUT2D eigenvalue weighted by Crippen LogP contribution is -2.08. The van der Waals surface area contributed by atoms with Crippen molar-refractivity contribution < 1.29 is 9.53 Å². The van der Waals surface area contributed by atoms with Gasteiger partial charge in [0.25, 0.3) is 0 Å². The molecule has 2 aromatic carbocycles. The number of methoxy groups -OCH3 is 1. The minimum absolute atomic E-state index is 0.115. The summed E-state index contributed by atoms with van der Waals surface area (Å²) in [4.78, 5) is 21.8. The maximum absolute atomic E-state index is 11.0. The van der Waals surface area contributed by atoms with Crippen LogP contribution in [-0.2, 0) is 0 Å². The Bertz CT molecular complexity index is 1130. The first kappa shape index (κ1) is 18.1. The number of nitrogens with one attached hydrogen (secondary N) is 1. The van der Waals surface area contributed by atoms with Gasteiger partial charge in [-0.2, -0.15) is 0 Å². The number of aromatic nitrogens is 2. The Balaban J connectivity index is 1.73. The fourth-order valence-electron chi connectivity index (χ4n) is 3.12. The number of rotatable bonds is 6. The number of anilines is 1. The van der Waals surface area contributed by atoms with Crippen LogP contribution in [0, 0.1) is 0 Å². The van der Waals surface area contributed by atoms with Crippen molar-refractivity contribution in [2.24, 2.45) is 0 Å². The molecule has 0 radical (unpaired) electrons. The Morgan fingerprint density at radius 2 is 1.93 bits per heavy atom. The van der Waals surface area contributed by atoms with Crippen LogP contribution in [0.2, 0.25) is 0 Å². The lowest BCUT2D eigenvalue weighted by atomic mass is 10.1. The van der Waals surface area contributed by atoms with Gasteiger partial charge in [-0.3, -0.25) is 4.79 Å². The standard InChI is InChI=1S/C22H19N3O2S/c1-14(16-6-4-3-5-7-16)25-21-18-11-20(28-22(18)24-13-23-21)17-9-8-15(12-26)10-19(17)27-2/h3-14H,1-2H3,(H,23,24,25)/t14-/m1/s1. The van der Waals surface area contributed by atoms with E-state index >= 15 is 0 Å². The number of nitrogens with zero attached hydrogens (tertiary/aromatic N) is 2. The maximum Gasteiger partial charge on any atom is 0.150 e. The van der Waals surface area contributed by atoms with Gasteiger partial charge in [0.2, 0.25) is 0 Å². The zero-order valence-electron chi connectivity index (χ0n) is 15.5. The minimum Gasteiger partial charge on any atom is -0.496 e. The molecule has 0 spiro atoms. The largest absolute Gasteiger partial charge is 0.496 e.